The fourth-order valence-corrected chi connectivity index (χ4v) is 5.11. The molecule has 1 heterocycles. The first-order valence-electron chi connectivity index (χ1n) is 15.0. The van der Waals surface area contributed by atoms with Gasteiger partial charge in [0.15, 0.2) is 0 Å². The fraction of sp³-hybridized carbons (Fsp3) is 0.265. The van der Waals surface area contributed by atoms with Crippen LogP contribution < -0.4 is 27.4 Å². The van der Waals surface area contributed by atoms with Gasteiger partial charge in [-0.1, -0.05) is 60.7 Å². The number of rotatable bonds is 16. The minimum absolute atomic E-state index is 0.00164. The molecule has 0 aliphatic rings. The number of para-hydroxylation sites is 1. The maximum absolute atomic E-state index is 13.9. The molecule has 1 aromatic heterocycles. The second kappa shape index (κ2) is 16.0. The van der Waals surface area contributed by atoms with Crippen LogP contribution in [0.4, 0.5) is 0 Å². The Balaban J connectivity index is 1.60. The molecular weight excluding hydrogens is 604 g/mol. The first-order chi connectivity index (χ1) is 22.5. The topological polar surface area (TPSA) is 230 Å². The Labute approximate surface area is 270 Å². The highest BCUT2D eigenvalue weighted by Crippen LogP contribution is 2.20. The summed E-state index contributed by atoms with van der Waals surface area (Å²) >= 11 is 0. The third-order valence-electron chi connectivity index (χ3n) is 7.68. The molecule has 4 rings (SSSR count). The molecule has 13 nitrogen and oxygen atoms in total. The molecule has 0 bridgehead atoms. The van der Waals surface area contributed by atoms with Crippen LogP contribution in [0.3, 0.4) is 0 Å². The highest BCUT2D eigenvalue weighted by Gasteiger charge is 2.31. The number of carboxylic acid groups (broad SMARTS) is 1. The summed E-state index contributed by atoms with van der Waals surface area (Å²) in [7, 11) is 0. The Kier molecular flexibility index (Phi) is 11.7. The molecular formula is C34H38N6O7. The van der Waals surface area contributed by atoms with E-state index in [0.29, 0.717) is 16.7 Å². The van der Waals surface area contributed by atoms with Crippen molar-refractivity contribution in [3.8, 4) is 5.75 Å². The summed E-state index contributed by atoms with van der Waals surface area (Å²) in [5.74, 6) is -4.06. The van der Waals surface area contributed by atoms with Crippen LogP contribution in [-0.4, -0.2) is 69.0 Å². The highest BCUT2D eigenvalue weighted by molar-refractivity contribution is 5.95. The van der Waals surface area contributed by atoms with Crippen LogP contribution in [0, 0.1) is 0 Å². The van der Waals surface area contributed by atoms with E-state index in [9.17, 15) is 34.2 Å². The molecule has 246 valence electrons. The lowest BCUT2D eigenvalue weighted by Crippen LogP contribution is -2.58. The number of phenols is 1. The van der Waals surface area contributed by atoms with E-state index in [0.717, 1.165) is 10.9 Å². The summed E-state index contributed by atoms with van der Waals surface area (Å²) in [6.45, 7) is 0. The number of hydrogen-bond donors (Lipinski definition) is 8. The first kappa shape index (κ1) is 34.2. The maximum atomic E-state index is 13.9. The van der Waals surface area contributed by atoms with Gasteiger partial charge in [-0.2, -0.15) is 0 Å². The van der Waals surface area contributed by atoms with Gasteiger partial charge in [-0.25, -0.2) is 4.79 Å². The van der Waals surface area contributed by atoms with E-state index >= 15 is 0 Å². The Hall–Kier alpha value is -5.69. The number of fused-ring (bicyclic) bond motifs is 1. The van der Waals surface area contributed by atoms with E-state index in [1.165, 1.54) is 12.1 Å². The molecule has 0 saturated heterocycles. The quantitative estimate of drug-likeness (QED) is 0.0878. The molecule has 0 fully saturated rings. The Bertz CT molecular complexity index is 1710. The molecule has 3 aromatic carbocycles. The van der Waals surface area contributed by atoms with Crippen LogP contribution in [0.25, 0.3) is 10.9 Å². The molecule has 0 aliphatic heterocycles. The maximum Gasteiger partial charge on any atom is 0.326 e. The van der Waals surface area contributed by atoms with E-state index in [2.05, 4.69) is 20.9 Å². The highest BCUT2D eigenvalue weighted by atomic mass is 16.4. The molecule has 47 heavy (non-hydrogen) atoms. The van der Waals surface area contributed by atoms with Gasteiger partial charge in [-0.05, 0) is 41.3 Å². The number of nitrogens with one attached hydrogen (secondary N) is 4. The number of aromatic hydroxyl groups is 1. The van der Waals surface area contributed by atoms with Crippen molar-refractivity contribution in [2.24, 2.45) is 11.5 Å². The zero-order valence-corrected chi connectivity index (χ0v) is 25.5. The average molecular weight is 643 g/mol. The number of hydrogen-bond acceptors (Lipinski definition) is 7. The molecule has 4 atom stereocenters. The lowest BCUT2D eigenvalue weighted by Gasteiger charge is -2.25. The van der Waals surface area contributed by atoms with Crippen molar-refractivity contribution in [2.45, 2.75) is 56.3 Å². The van der Waals surface area contributed by atoms with E-state index in [1.54, 1.807) is 48.7 Å². The van der Waals surface area contributed by atoms with Crippen LogP contribution in [0.5, 0.6) is 5.75 Å². The molecule has 4 amide bonds. The Morgan fingerprint density at radius 1 is 0.702 bits per heavy atom. The molecule has 0 aliphatic carbocycles. The molecule has 13 heteroatoms. The zero-order chi connectivity index (χ0) is 33.9. The number of aromatic nitrogens is 1. The number of nitrogens with two attached hydrogens (primary N) is 2. The third-order valence-corrected chi connectivity index (χ3v) is 7.68. The minimum Gasteiger partial charge on any atom is -0.508 e. The van der Waals surface area contributed by atoms with Crippen molar-refractivity contribution in [1.29, 1.82) is 0 Å². The summed E-state index contributed by atoms with van der Waals surface area (Å²) in [4.78, 5) is 67.1. The summed E-state index contributed by atoms with van der Waals surface area (Å²) in [6.07, 6.45) is 1.52. The van der Waals surface area contributed by atoms with Gasteiger partial charge >= 0.3 is 5.97 Å². The number of primary amides is 1. The van der Waals surface area contributed by atoms with Crippen molar-refractivity contribution >= 4 is 40.5 Å². The third kappa shape index (κ3) is 9.90. The van der Waals surface area contributed by atoms with Gasteiger partial charge in [0, 0.05) is 42.8 Å². The number of H-pyrrole nitrogens is 1. The summed E-state index contributed by atoms with van der Waals surface area (Å²) in [5.41, 5.74) is 14.0. The van der Waals surface area contributed by atoms with E-state index in [-0.39, 0.29) is 37.9 Å². The van der Waals surface area contributed by atoms with Crippen molar-refractivity contribution in [2.75, 3.05) is 0 Å². The number of amides is 4. The summed E-state index contributed by atoms with van der Waals surface area (Å²) in [6, 6.07) is 17.3. The summed E-state index contributed by atoms with van der Waals surface area (Å²) < 4.78 is 0. The second-order valence-corrected chi connectivity index (χ2v) is 11.3. The monoisotopic (exact) mass is 642 g/mol. The first-order valence-corrected chi connectivity index (χ1v) is 15.0. The predicted molar refractivity (Wildman–Crippen MR) is 174 cm³/mol. The van der Waals surface area contributed by atoms with Gasteiger partial charge in [0.05, 0.1) is 6.04 Å². The summed E-state index contributed by atoms with van der Waals surface area (Å²) in [5, 5.41) is 28.3. The average Bonchev–Trinajstić information content (AvgIpc) is 3.46. The second-order valence-electron chi connectivity index (χ2n) is 11.3. The van der Waals surface area contributed by atoms with Crippen LogP contribution in [0.15, 0.2) is 85.1 Å². The largest absolute Gasteiger partial charge is 0.508 e. The predicted octanol–water partition coefficient (Wildman–Crippen LogP) is 1.03. The number of aromatic amines is 1. The minimum atomic E-state index is -1.30. The zero-order valence-electron chi connectivity index (χ0n) is 25.5. The molecule has 4 aromatic rings. The van der Waals surface area contributed by atoms with Gasteiger partial charge in [0.2, 0.25) is 23.6 Å². The Morgan fingerprint density at radius 2 is 1.26 bits per heavy atom. The van der Waals surface area contributed by atoms with Crippen LogP contribution in [-0.2, 0) is 43.2 Å². The van der Waals surface area contributed by atoms with Crippen molar-refractivity contribution in [1.82, 2.24) is 20.9 Å². The number of aliphatic carboxylic acids is 1. The number of carbonyl (C=O) groups is 5. The lowest BCUT2D eigenvalue weighted by atomic mass is 10.0. The van der Waals surface area contributed by atoms with Crippen molar-refractivity contribution in [3.63, 3.8) is 0 Å². The lowest BCUT2D eigenvalue weighted by molar-refractivity contribution is -0.142. The van der Waals surface area contributed by atoms with E-state index in [4.69, 9.17) is 11.5 Å². The van der Waals surface area contributed by atoms with E-state index < -0.39 is 53.8 Å². The standard InChI is InChI=1S/C34H38N6O7/c35-25(14-15-30(36)42)31(43)38-28(18-22-19-37-26-9-5-4-8-24(22)26)33(45)39-27(16-21-10-12-23(41)13-11-21)32(44)40-29(34(46)47)17-20-6-2-1-3-7-20/h1-13,19,25,27-29,37,41H,14-18,35H2,(H2,36,42)(H,38,43)(H,39,45)(H,40,44)(H,46,47). The molecule has 0 spiro atoms. The van der Waals surface area contributed by atoms with Gasteiger partial charge < -0.3 is 42.6 Å². The van der Waals surface area contributed by atoms with E-state index in [1.807, 2.05) is 24.3 Å². The Morgan fingerprint density at radius 3 is 1.91 bits per heavy atom. The van der Waals surface area contributed by atoms with Gasteiger partial charge in [-0.3, -0.25) is 19.2 Å². The van der Waals surface area contributed by atoms with Gasteiger partial charge in [-0.15, -0.1) is 0 Å². The van der Waals surface area contributed by atoms with Crippen LogP contribution in [0.2, 0.25) is 0 Å². The SMILES string of the molecule is NC(=O)CCC(N)C(=O)NC(Cc1c[nH]c2ccccc12)C(=O)NC(Cc1ccc(O)cc1)C(=O)NC(Cc1ccccc1)C(=O)O. The number of phenolic OH excluding ortho intramolecular Hbond substituents is 1. The number of carboxylic acids is 1. The molecule has 0 saturated carbocycles. The van der Waals surface area contributed by atoms with Gasteiger partial charge in [0.25, 0.3) is 0 Å². The fourth-order valence-electron chi connectivity index (χ4n) is 5.11. The molecule has 4 unspecified atom stereocenters. The van der Waals surface area contributed by atoms with Crippen molar-refractivity contribution in [3.05, 3.63) is 102 Å². The number of carbonyl (C=O) groups excluding carboxylic acids is 4. The van der Waals surface area contributed by atoms with Crippen LogP contribution in [0.1, 0.15) is 29.5 Å². The van der Waals surface area contributed by atoms with Crippen LogP contribution >= 0.6 is 0 Å². The van der Waals surface area contributed by atoms with Crippen molar-refractivity contribution < 1.29 is 34.2 Å². The normalized spacial score (nSPS) is 13.6. The molecule has 0 radical (unpaired) electrons. The smallest absolute Gasteiger partial charge is 0.326 e. The van der Waals surface area contributed by atoms with Gasteiger partial charge in [0.1, 0.15) is 23.9 Å². The number of benzene rings is 3. The molecule has 10 N–H and O–H groups in total.